The number of hydrogen-bond donors (Lipinski definition) is 3. The Labute approximate surface area is 115 Å². The van der Waals surface area contributed by atoms with Gasteiger partial charge in [0.1, 0.15) is 5.76 Å². The standard InChI is InChI=1S/C12H18N2O4S/c1-3-19-7-8(2)14-12(17)13-6-9-4-5-10(18-9)11(15)16/h4-5,8H,3,6-7H2,1-2H3,(H,15,16)(H2,13,14,17). The molecular weight excluding hydrogens is 268 g/mol. The van der Waals surface area contributed by atoms with Gasteiger partial charge in [-0.2, -0.15) is 11.8 Å². The van der Waals surface area contributed by atoms with E-state index in [1.54, 1.807) is 11.8 Å². The highest BCUT2D eigenvalue weighted by atomic mass is 32.2. The molecule has 1 atom stereocenters. The maximum atomic E-state index is 11.5. The number of carboxylic acid groups (broad SMARTS) is 1. The van der Waals surface area contributed by atoms with E-state index in [2.05, 4.69) is 17.6 Å². The third kappa shape index (κ3) is 5.69. The van der Waals surface area contributed by atoms with Crippen molar-refractivity contribution in [3.63, 3.8) is 0 Å². The highest BCUT2D eigenvalue weighted by molar-refractivity contribution is 7.99. The Balaban J connectivity index is 2.31. The molecule has 0 aliphatic heterocycles. The van der Waals surface area contributed by atoms with Crippen molar-refractivity contribution in [1.29, 1.82) is 0 Å². The van der Waals surface area contributed by atoms with Crippen molar-refractivity contribution in [1.82, 2.24) is 10.6 Å². The van der Waals surface area contributed by atoms with Gasteiger partial charge in [-0.25, -0.2) is 9.59 Å². The molecule has 1 unspecified atom stereocenters. The minimum absolute atomic E-state index is 0.0798. The summed E-state index contributed by atoms with van der Waals surface area (Å²) in [5, 5.41) is 14.1. The molecule has 106 valence electrons. The first-order valence-corrected chi connectivity index (χ1v) is 7.12. The molecule has 1 rings (SSSR count). The second-order valence-corrected chi connectivity index (χ2v) is 5.28. The second kappa shape index (κ2) is 7.73. The van der Waals surface area contributed by atoms with Crippen molar-refractivity contribution in [2.24, 2.45) is 0 Å². The minimum Gasteiger partial charge on any atom is -0.475 e. The molecule has 1 aromatic heterocycles. The van der Waals surface area contributed by atoms with Gasteiger partial charge in [0.05, 0.1) is 6.54 Å². The number of urea groups is 1. The van der Waals surface area contributed by atoms with Crippen LogP contribution in [-0.2, 0) is 6.54 Å². The van der Waals surface area contributed by atoms with Crippen molar-refractivity contribution in [3.05, 3.63) is 23.7 Å². The van der Waals surface area contributed by atoms with Crippen molar-refractivity contribution >= 4 is 23.8 Å². The van der Waals surface area contributed by atoms with Crippen LogP contribution in [0.4, 0.5) is 4.79 Å². The first kappa shape index (κ1) is 15.4. The van der Waals surface area contributed by atoms with Crippen molar-refractivity contribution in [3.8, 4) is 0 Å². The summed E-state index contributed by atoms with van der Waals surface area (Å²) in [4.78, 5) is 22.1. The lowest BCUT2D eigenvalue weighted by Crippen LogP contribution is -2.41. The van der Waals surface area contributed by atoms with Crippen molar-refractivity contribution in [2.75, 3.05) is 11.5 Å². The fraction of sp³-hybridized carbons (Fsp3) is 0.500. The molecule has 0 aromatic carbocycles. The molecule has 0 spiro atoms. The molecule has 0 fully saturated rings. The zero-order valence-electron chi connectivity index (χ0n) is 10.9. The number of nitrogens with one attached hydrogen (secondary N) is 2. The summed E-state index contributed by atoms with van der Waals surface area (Å²) in [5.41, 5.74) is 0. The molecule has 0 bridgehead atoms. The van der Waals surface area contributed by atoms with Gasteiger partial charge in [0.25, 0.3) is 0 Å². The van der Waals surface area contributed by atoms with Gasteiger partial charge in [0.2, 0.25) is 5.76 Å². The lowest BCUT2D eigenvalue weighted by Gasteiger charge is -2.13. The number of carboxylic acids is 1. The number of aromatic carboxylic acids is 1. The van der Waals surface area contributed by atoms with E-state index in [1.165, 1.54) is 12.1 Å². The summed E-state index contributed by atoms with van der Waals surface area (Å²) < 4.78 is 5.02. The highest BCUT2D eigenvalue weighted by Gasteiger charge is 2.10. The fourth-order valence-electron chi connectivity index (χ4n) is 1.37. The Kier molecular flexibility index (Phi) is 6.27. The van der Waals surface area contributed by atoms with Crippen LogP contribution in [0.1, 0.15) is 30.2 Å². The van der Waals surface area contributed by atoms with E-state index in [4.69, 9.17) is 9.52 Å². The highest BCUT2D eigenvalue weighted by Crippen LogP contribution is 2.07. The molecule has 6 nitrogen and oxygen atoms in total. The van der Waals surface area contributed by atoms with Gasteiger partial charge in [0.15, 0.2) is 0 Å². The predicted molar refractivity (Wildman–Crippen MR) is 73.5 cm³/mol. The molecule has 0 aliphatic carbocycles. The van der Waals surface area contributed by atoms with Crippen LogP contribution in [0, 0.1) is 0 Å². The van der Waals surface area contributed by atoms with E-state index in [1.807, 2.05) is 6.92 Å². The summed E-state index contributed by atoms with van der Waals surface area (Å²) in [6, 6.07) is 2.67. The average molecular weight is 286 g/mol. The number of carbonyl (C=O) groups is 2. The van der Waals surface area contributed by atoms with Crippen LogP contribution in [0.15, 0.2) is 16.5 Å². The summed E-state index contributed by atoms with van der Waals surface area (Å²) in [6.07, 6.45) is 0. The van der Waals surface area contributed by atoms with Crippen LogP contribution in [0.25, 0.3) is 0 Å². The van der Waals surface area contributed by atoms with Crippen LogP contribution >= 0.6 is 11.8 Å². The number of furan rings is 1. The van der Waals surface area contributed by atoms with Crippen LogP contribution in [0.5, 0.6) is 0 Å². The Morgan fingerprint density at radius 2 is 2.21 bits per heavy atom. The Morgan fingerprint density at radius 3 is 2.79 bits per heavy atom. The van der Waals surface area contributed by atoms with Crippen LogP contribution < -0.4 is 10.6 Å². The predicted octanol–water partition coefficient (Wildman–Crippen LogP) is 1.92. The molecule has 0 saturated heterocycles. The zero-order valence-corrected chi connectivity index (χ0v) is 11.8. The third-order valence-corrected chi connectivity index (χ3v) is 3.39. The molecule has 19 heavy (non-hydrogen) atoms. The lowest BCUT2D eigenvalue weighted by atomic mass is 10.4. The first-order chi connectivity index (χ1) is 9.02. The van der Waals surface area contributed by atoms with Gasteiger partial charge >= 0.3 is 12.0 Å². The second-order valence-electron chi connectivity index (χ2n) is 3.96. The monoisotopic (exact) mass is 286 g/mol. The zero-order chi connectivity index (χ0) is 14.3. The average Bonchev–Trinajstić information content (AvgIpc) is 2.83. The van der Waals surface area contributed by atoms with Gasteiger partial charge in [0, 0.05) is 11.8 Å². The van der Waals surface area contributed by atoms with Gasteiger partial charge in [-0.3, -0.25) is 0 Å². The molecule has 1 heterocycles. The Bertz CT molecular complexity index is 433. The van der Waals surface area contributed by atoms with Crippen LogP contribution in [-0.4, -0.2) is 34.7 Å². The van der Waals surface area contributed by atoms with E-state index in [-0.39, 0.29) is 24.4 Å². The van der Waals surface area contributed by atoms with E-state index in [9.17, 15) is 9.59 Å². The summed E-state index contributed by atoms with van der Waals surface area (Å²) in [7, 11) is 0. The number of rotatable bonds is 7. The Morgan fingerprint density at radius 1 is 1.47 bits per heavy atom. The summed E-state index contributed by atoms with van der Waals surface area (Å²) in [6.45, 7) is 4.15. The van der Waals surface area contributed by atoms with E-state index >= 15 is 0 Å². The maximum Gasteiger partial charge on any atom is 0.371 e. The van der Waals surface area contributed by atoms with Gasteiger partial charge < -0.3 is 20.2 Å². The van der Waals surface area contributed by atoms with E-state index < -0.39 is 5.97 Å². The van der Waals surface area contributed by atoms with Gasteiger partial charge in [-0.05, 0) is 24.8 Å². The third-order valence-electron chi connectivity index (χ3n) is 2.25. The normalized spacial score (nSPS) is 11.9. The van der Waals surface area contributed by atoms with E-state index in [0.717, 1.165) is 11.5 Å². The molecule has 1 aromatic rings. The molecule has 2 amide bonds. The van der Waals surface area contributed by atoms with Crippen molar-refractivity contribution < 1.29 is 19.1 Å². The van der Waals surface area contributed by atoms with Crippen LogP contribution in [0.3, 0.4) is 0 Å². The Hall–Kier alpha value is -1.63. The lowest BCUT2D eigenvalue weighted by molar-refractivity contribution is 0.0660. The van der Waals surface area contributed by atoms with Crippen molar-refractivity contribution in [2.45, 2.75) is 26.4 Å². The van der Waals surface area contributed by atoms with Gasteiger partial charge in [-0.15, -0.1) is 0 Å². The summed E-state index contributed by atoms with van der Waals surface area (Å²) >= 11 is 1.75. The topological polar surface area (TPSA) is 91.6 Å². The number of thioether (sulfide) groups is 1. The number of amides is 2. The molecule has 7 heteroatoms. The maximum absolute atomic E-state index is 11.5. The number of carbonyl (C=O) groups excluding carboxylic acids is 1. The van der Waals surface area contributed by atoms with Crippen LogP contribution in [0.2, 0.25) is 0 Å². The van der Waals surface area contributed by atoms with Gasteiger partial charge in [-0.1, -0.05) is 6.92 Å². The molecule has 0 radical (unpaired) electrons. The molecular formula is C12H18N2O4S. The minimum atomic E-state index is -1.12. The largest absolute Gasteiger partial charge is 0.475 e. The number of hydrogen-bond acceptors (Lipinski definition) is 4. The SMILES string of the molecule is CCSCC(C)NC(=O)NCc1ccc(C(=O)O)o1. The fourth-order valence-corrected chi connectivity index (χ4v) is 2.04. The smallest absolute Gasteiger partial charge is 0.371 e. The quantitative estimate of drug-likeness (QED) is 0.712. The van der Waals surface area contributed by atoms with E-state index in [0.29, 0.717) is 5.76 Å². The summed E-state index contributed by atoms with van der Waals surface area (Å²) in [5.74, 6) is 1.01. The first-order valence-electron chi connectivity index (χ1n) is 5.97. The molecule has 3 N–H and O–H groups in total. The molecule has 0 saturated carbocycles. The molecule has 0 aliphatic rings.